The van der Waals surface area contributed by atoms with E-state index < -0.39 is 0 Å². The van der Waals surface area contributed by atoms with Crippen LogP contribution in [0.2, 0.25) is 0 Å². The molecule has 0 N–H and O–H groups in total. The van der Waals surface area contributed by atoms with Gasteiger partial charge in [-0.15, -0.1) is 0 Å². The summed E-state index contributed by atoms with van der Waals surface area (Å²) in [4.78, 5) is 14.5. The van der Waals surface area contributed by atoms with Gasteiger partial charge in [0, 0.05) is 22.2 Å². The molecule has 0 aliphatic heterocycles. The molecule has 5 heteroatoms. The molecule has 0 fully saturated rings. The summed E-state index contributed by atoms with van der Waals surface area (Å²) >= 11 is 2.21. The van der Waals surface area contributed by atoms with Crippen molar-refractivity contribution in [1.29, 1.82) is 0 Å². The number of carbonyl (C=O) groups is 1. The topological polar surface area (TPSA) is 38.8 Å². The van der Waals surface area contributed by atoms with Crippen molar-refractivity contribution in [2.75, 3.05) is 20.8 Å². The minimum atomic E-state index is 0.0285. The van der Waals surface area contributed by atoms with E-state index in [1.807, 2.05) is 54.3 Å². The van der Waals surface area contributed by atoms with Gasteiger partial charge in [-0.25, -0.2) is 0 Å². The Hall–Kier alpha value is -1.76. The van der Waals surface area contributed by atoms with Crippen molar-refractivity contribution < 1.29 is 14.3 Å². The molecule has 0 unspecified atom stereocenters. The zero-order valence-electron chi connectivity index (χ0n) is 13.5. The van der Waals surface area contributed by atoms with Gasteiger partial charge in [0.1, 0.15) is 0 Å². The van der Waals surface area contributed by atoms with Gasteiger partial charge in [0.2, 0.25) is 0 Å². The van der Waals surface area contributed by atoms with Gasteiger partial charge < -0.3 is 14.4 Å². The van der Waals surface area contributed by atoms with Crippen molar-refractivity contribution in [1.82, 2.24) is 4.90 Å². The number of amides is 1. The number of methoxy groups -OCH3 is 2. The highest BCUT2D eigenvalue weighted by molar-refractivity contribution is 14.1. The average Bonchev–Trinajstić information content (AvgIpc) is 2.58. The van der Waals surface area contributed by atoms with Gasteiger partial charge in [-0.3, -0.25) is 4.79 Å². The first-order chi connectivity index (χ1) is 11.1. The normalized spacial score (nSPS) is 10.3. The minimum Gasteiger partial charge on any atom is -0.493 e. The molecule has 0 saturated carbocycles. The Labute approximate surface area is 150 Å². The summed E-state index contributed by atoms with van der Waals surface area (Å²) < 4.78 is 11.6. The van der Waals surface area contributed by atoms with Crippen LogP contribution in [0.1, 0.15) is 22.8 Å². The van der Waals surface area contributed by atoms with E-state index in [4.69, 9.17) is 9.47 Å². The quantitative estimate of drug-likeness (QED) is 0.658. The molecule has 0 aliphatic carbocycles. The lowest BCUT2D eigenvalue weighted by Crippen LogP contribution is -2.30. The van der Waals surface area contributed by atoms with Gasteiger partial charge >= 0.3 is 0 Å². The van der Waals surface area contributed by atoms with Crippen LogP contribution in [0.25, 0.3) is 0 Å². The number of rotatable bonds is 6. The van der Waals surface area contributed by atoms with Gasteiger partial charge in [0.05, 0.1) is 14.2 Å². The van der Waals surface area contributed by atoms with Crippen LogP contribution >= 0.6 is 22.6 Å². The molecular formula is C18H20INO3. The number of benzene rings is 2. The van der Waals surface area contributed by atoms with Crippen LogP contribution in [0.4, 0.5) is 0 Å². The lowest BCUT2D eigenvalue weighted by Gasteiger charge is -2.22. The second kappa shape index (κ2) is 8.19. The third kappa shape index (κ3) is 4.37. The Morgan fingerprint density at radius 2 is 1.83 bits per heavy atom. The summed E-state index contributed by atoms with van der Waals surface area (Å²) in [6.45, 7) is 3.15. The van der Waals surface area contributed by atoms with Crippen LogP contribution in [0.3, 0.4) is 0 Å². The fourth-order valence-corrected chi connectivity index (χ4v) is 2.87. The number of hydrogen-bond donors (Lipinski definition) is 0. The Balaban J connectivity index is 2.20. The van der Waals surface area contributed by atoms with E-state index in [0.29, 0.717) is 30.2 Å². The molecule has 0 bridgehead atoms. The van der Waals surface area contributed by atoms with Crippen LogP contribution in [-0.4, -0.2) is 31.6 Å². The maximum atomic E-state index is 12.7. The molecule has 0 heterocycles. The molecule has 0 aromatic heterocycles. The molecule has 0 radical (unpaired) electrons. The standard InChI is InChI=1S/C18H20INO3/c1-4-20(18(21)14-6-5-7-15(19)11-14)12-13-8-9-16(22-2)17(10-13)23-3/h5-11H,4,12H2,1-3H3. The first-order valence-electron chi connectivity index (χ1n) is 7.34. The molecule has 23 heavy (non-hydrogen) atoms. The van der Waals surface area contributed by atoms with Crippen molar-refractivity contribution in [2.45, 2.75) is 13.5 Å². The summed E-state index contributed by atoms with van der Waals surface area (Å²) in [5.74, 6) is 1.38. The summed E-state index contributed by atoms with van der Waals surface area (Å²) in [6.07, 6.45) is 0. The molecular weight excluding hydrogens is 405 g/mol. The number of carbonyl (C=O) groups excluding carboxylic acids is 1. The highest BCUT2D eigenvalue weighted by Crippen LogP contribution is 2.28. The van der Waals surface area contributed by atoms with Gasteiger partial charge in [-0.1, -0.05) is 12.1 Å². The lowest BCUT2D eigenvalue weighted by atomic mass is 10.1. The zero-order valence-corrected chi connectivity index (χ0v) is 15.7. The molecule has 122 valence electrons. The van der Waals surface area contributed by atoms with Crippen LogP contribution in [-0.2, 0) is 6.54 Å². The Morgan fingerprint density at radius 1 is 1.09 bits per heavy atom. The fraction of sp³-hybridized carbons (Fsp3) is 0.278. The third-order valence-electron chi connectivity index (χ3n) is 3.56. The van der Waals surface area contributed by atoms with E-state index in [1.54, 1.807) is 14.2 Å². The Bertz CT molecular complexity index is 688. The van der Waals surface area contributed by atoms with E-state index in [1.165, 1.54) is 0 Å². The van der Waals surface area contributed by atoms with E-state index in [0.717, 1.165) is 9.13 Å². The molecule has 1 amide bonds. The van der Waals surface area contributed by atoms with Crippen LogP contribution in [0, 0.1) is 3.57 Å². The van der Waals surface area contributed by atoms with Crippen molar-refractivity contribution in [3.8, 4) is 11.5 Å². The molecule has 0 saturated heterocycles. The monoisotopic (exact) mass is 425 g/mol. The second-order valence-electron chi connectivity index (χ2n) is 5.02. The summed E-state index contributed by atoms with van der Waals surface area (Å²) in [7, 11) is 3.21. The lowest BCUT2D eigenvalue weighted by molar-refractivity contribution is 0.0752. The maximum Gasteiger partial charge on any atom is 0.254 e. The highest BCUT2D eigenvalue weighted by Gasteiger charge is 2.15. The summed E-state index contributed by atoms with van der Waals surface area (Å²) in [5, 5.41) is 0. The Morgan fingerprint density at radius 3 is 2.43 bits per heavy atom. The van der Waals surface area contributed by atoms with Gasteiger partial charge in [-0.2, -0.15) is 0 Å². The van der Waals surface area contributed by atoms with E-state index in [-0.39, 0.29) is 5.91 Å². The maximum absolute atomic E-state index is 12.7. The first kappa shape index (κ1) is 17.6. The second-order valence-corrected chi connectivity index (χ2v) is 6.26. The largest absolute Gasteiger partial charge is 0.493 e. The summed E-state index contributed by atoms with van der Waals surface area (Å²) in [5.41, 5.74) is 1.71. The van der Waals surface area contributed by atoms with Crippen molar-refractivity contribution >= 4 is 28.5 Å². The van der Waals surface area contributed by atoms with Gasteiger partial charge in [0.15, 0.2) is 11.5 Å². The average molecular weight is 425 g/mol. The van der Waals surface area contributed by atoms with E-state index in [2.05, 4.69) is 22.6 Å². The molecule has 4 nitrogen and oxygen atoms in total. The number of halogens is 1. The van der Waals surface area contributed by atoms with Gasteiger partial charge in [0.25, 0.3) is 5.91 Å². The predicted octanol–water partition coefficient (Wildman–Crippen LogP) is 3.97. The SMILES string of the molecule is CCN(Cc1ccc(OC)c(OC)c1)C(=O)c1cccc(I)c1. The molecule has 0 spiro atoms. The molecule has 0 atom stereocenters. The smallest absolute Gasteiger partial charge is 0.254 e. The molecule has 0 aliphatic rings. The van der Waals surface area contributed by atoms with Crippen molar-refractivity contribution in [2.24, 2.45) is 0 Å². The Kier molecular flexibility index (Phi) is 6.27. The van der Waals surface area contributed by atoms with Crippen molar-refractivity contribution in [3.05, 3.63) is 57.2 Å². The third-order valence-corrected chi connectivity index (χ3v) is 4.23. The number of nitrogens with zero attached hydrogens (tertiary/aromatic N) is 1. The van der Waals surface area contributed by atoms with Crippen molar-refractivity contribution in [3.63, 3.8) is 0 Å². The minimum absolute atomic E-state index is 0.0285. The molecule has 2 aromatic rings. The van der Waals surface area contributed by atoms with E-state index >= 15 is 0 Å². The fourth-order valence-electron chi connectivity index (χ4n) is 2.33. The van der Waals surface area contributed by atoms with Gasteiger partial charge in [-0.05, 0) is 65.4 Å². The molecule has 2 aromatic carbocycles. The summed E-state index contributed by atoms with van der Waals surface area (Å²) in [6, 6.07) is 13.3. The van der Waals surface area contributed by atoms with Crippen LogP contribution in [0.15, 0.2) is 42.5 Å². The predicted molar refractivity (Wildman–Crippen MR) is 99.1 cm³/mol. The van der Waals surface area contributed by atoms with Crippen LogP contribution in [0.5, 0.6) is 11.5 Å². The highest BCUT2D eigenvalue weighted by atomic mass is 127. The molecule has 2 rings (SSSR count). The van der Waals surface area contributed by atoms with Crippen LogP contribution < -0.4 is 9.47 Å². The number of ether oxygens (including phenoxy) is 2. The zero-order chi connectivity index (χ0) is 16.8. The number of hydrogen-bond acceptors (Lipinski definition) is 3. The first-order valence-corrected chi connectivity index (χ1v) is 8.42. The van der Waals surface area contributed by atoms with E-state index in [9.17, 15) is 4.79 Å².